The summed E-state index contributed by atoms with van der Waals surface area (Å²) in [6.45, 7) is 0. The molecule has 0 saturated heterocycles. The Morgan fingerprint density at radius 2 is 1.79 bits per heavy atom. The molecule has 2 nitrogen and oxygen atoms in total. The Labute approximate surface area is 116 Å². The molecule has 1 aromatic carbocycles. The molecule has 100 valence electrons. The summed E-state index contributed by atoms with van der Waals surface area (Å²) in [5, 5.41) is 3.04. The van der Waals surface area contributed by atoms with Crippen LogP contribution in [0.15, 0.2) is 29.6 Å². The Kier molecular flexibility index (Phi) is 3.37. The molecule has 0 aliphatic heterocycles. The molecule has 1 heterocycles. The van der Waals surface area contributed by atoms with E-state index in [9.17, 15) is 4.39 Å². The molecule has 0 atom stereocenters. The molecule has 1 saturated carbocycles. The summed E-state index contributed by atoms with van der Waals surface area (Å²) < 4.78 is 12.9. The predicted molar refractivity (Wildman–Crippen MR) is 76.5 cm³/mol. The van der Waals surface area contributed by atoms with Gasteiger partial charge in [0, 0.05) is 10.9 Å². The number of benzene rings is 1. The minimum atomic E-state index is -0.249. The molecule has 0 bridgehead atoms. The number of aromatic nitrogens is 1. The molecule has 2 N–H and O–H groups in total. The molecular formula is C15H17FN2S. The summed E-state index contributed by atoms with van der Waals surface area (Å²) in [4.78, 5) is 4.68. The third kappa shape index (κ3) is 2.55. The highest BCUT2D eigenvalue weighted by molar-refractivity contribution is 7.10. The van der Waals surface area contributed by atoms with Crippen molar-refractivity contribution in [2.45, 2.75) is 37.6 Å². The Hall–Kier alpha value is -1.26. The monoisotopic (exact) mass is 276 g/mol. The standard InChI is InChI=1S/C15H17FN2S/c16-12-6-4-11(5-7-12)13-10-19-14(18-13)15(17)8-2-1-3-9-15/h4-7,10H,1-3,8-9,17H2. The highest BCUT2D eigenvalue weighted by Gasteiger charge is 2.32. The lowest BCUT2D eigenvalue weighted by Gasteiger charge is -2.31. The zero-order valence-corrected chi connectivity index (χ0v) is 11.5. The van der Waals surface area contributed by atoms with Gasteiger partial charge in [0.25, 0.3) is 0 Å². The van der Waals surface area contributed by atoms with Crippen LogP contribution >= 0.6 is 11.3 Å². The van der Waals surface area contributed by atoms with Crippen LogP contribution < -0.4 is 5.73 Å². The minimum Gasteiger partial charge on any atom is -0.319 e. The van der Waals surface area contributed by atoms with Crippen molar-refractivity contribution in [1.82, 2.24) is 4.98 Å². The molecule has 1 aliphatic carbocycles. The number of halogens is 1. The molecule has 4 heteroatoms. The van der Waals surface area contributed by atoms with Gasteiger partial charge in [-0.05, 0) is 37.1 Å². The number of nitrogens with two attached hydrogens (primary N) is 1. The first kappa shape index (κ1) is 12.8. The van der Waals surface area contributed by atoms with Gasteiger partial charge in [0.05, 0.1) is 11.2 Å². The molecule has 2 aromatic rings. The largest absolute Gasteiger partial charge is 0.319 e. The Morgan fingerprint density at radius 1 is 1.11 bits per heavy atom. The molecule has 3 rings (SSSR count). The average molecular weight is 276 g/mol. The van der Waals surface area contributed by atoms with Gasteiger partial charge >= 0.3 is 0 Å². The summed E-state index contributed by atoms with van der Waals surface area (Å²) in [5.74, 6) is -0.221. The van der Waals surface area contributed by atoms with Crippen LogP contribution in [0.2, 0.25) is 0 Å². The van der Waals surface area contributed by atoms with Crippen molar-refractivity contribution in [3.8, 4) is 11.3 Å². The van der Waals surface area contributed by atoms with Crippen LogP contribution in [0.3, 0.4) is 0 Å². The van der Waals surface area contributed by atoms with Crippen molar-refractivity contribution < 1.29 is 4.39 Å². The van der Waals surface area contributed by atoms with E-state index in [2.05, 4.69) is 4.98 Å². The van der Waals surface area contributed by atoms with Crippen molar-refractivity contribution in [2.75, 3.05) is 0 Å². The van der Waals surface area contributed by atoms with Gasteiger partial charge in [-0.3, -0.25) is 0 Å². The summed E-state index contributed by atoms with van der Waals surface area (Å²) in [6.07, 6.45) is 5.67. The normalized spacial score (nSPS) is 18.4. The smallest absolute Gasteiger partial charge is 0.123 e. The topological polar surface area (TPSA) is 38.9 Å². The highest BCUT2D eigenvalue weighted by Crippen LogP contribution is 2.37. The first-order valence-electron chi connectivity index (χ1n) is 6.68. The fourth-order valence-corrected chi connectivity index (χ4v) is 3.65. The number of hydrogen-bond acceptors (Lipinski definition) is 3. The zero-order valence-electron chi connectivity index (χ0n) is 10.7. The molecule has 19 heavy (non-hydrogen) atoms. The molecule has 1 aliphatic rings. The molecule has 0 radical (unpaired) electrons. The summed E-state index contributed by atoms with van der Waals surface area (Å²) in [6, 6.07) is 6.46. The van der Waals surface area contributed by atoms with E-state index in [1.807, 2.05) is 5.38 Å². The quantitative estimate of drug-likeness (QED) is 0.898. The van der Waals surface area contributed by atoms with Gasteiger partial charge in [0.15, 0.2) is 0 Å². The molecule has 0 spiro atoms. The van der Waals surface area contributed by atoms with E-state index < -0.39 is 0 Å². The van der Waals surface area contributed by atoms with Gasteiger partial charge in [0.1, 0.15) is 10.8 Å². The van der Waals surface area contributed by atoms with Crippen molar-refractivity contribution in [3.63, 3.8) is 0 Å². The van der Waals surface area contributed by atoms with Crippen molar-refractivity contribution in [1.29, 1.82) is 0 Å². The van der Waals surface area contributed by atoms with Gasteiger partial charge < -0.3 is 5.73 Å². The van der Waals surface area contributed by atoms with Crippen LogP contribution in [0.5, 0.6) is 0 Å². The second-order valence-corrected chi connectivity index (χ2v) is 6.12. The van der Waals surface area contributed by atoms with E-state index in [4.69, 9.17) is 5.73 Å². The second-order valence-electron chi connectivity index (χ2n) is 5.26. The number of thiazole rings is 1. The van der Waals surface area contributed by atoms with Crippen molar-refractivity contribution >= 4 is 11.3 Å². The summed E-state index contributed by atoms with van der Waals surface area (Å²) >= 11 is 1.62. The fraction of sp³-hybridized carbons (Fsp3) is 0.400. The van der Waals surface area contributed by atoms with Crippen molar-refractivity contribution in [2.24, 2.45) is 5.73 Å². The lowest BCUT2D eigenvalue weighted by atomic mass is 9.83. The maximum atomic E-state index is 12.9. The Bertz CT molecular complexity index is 556. The van der Waals surface area contributed by atoms with Crippen LogP contribution in [0.4, 0.5) is 4.39 Å². The van der Waals surface area contributed by atoms with Crippen LogP contribution in [-0.2, 0) is 5.54 Å². The van der Waals surface area contributed by atoms with Gasteiger partial charge in [-0.25, -0.2) is 9.37 Å². The van der Waals surface area contributed by atoms with E-state index in [1.165, 1.54) is 31.4 Å². The zero-order chi connectivity index (χ0) is 13.3. The van der Waals surface area contributed by atoms with Crippen LogP contribution in [0.25, 0.3) is 11.3 Å². The van der Waals surface area contributed by atoms with E-state index >= 15 is 0 Å². The van der Waals surface area contributed by atoms with Crippen LogP contribution in [0, 0.1) is 5.82 Å². The molecule has 0 amide bonds. The lowest BCUT2D eigenvalue weighted by Crippen LogP contribution is -2.38. The van der Waals surface area contributed by atoms with Gasteiger partial charge in [-0.2, -0.15) is 0 Å². The summed E-state index contributed by atoms with van der Waals surface area (Å²) in [5.41, 5.74) is 8.08. The third-order valence-corrected chi connectivity index (χ3v) is 4.88. The SMILES string of the molecule is NC1(c2nc(-c3ccc(F)cc3)cs2)CCCCC1. The first-order chi connectivity index (χ1) is 9.17. The van der Waals surface area contributed by atoms with Gasteiger partial charge in [-0.15, -0.1) is 11.3 Å². The van der Waals surface area contributed by atoms with E-state index in [1.54, 1.807) is 23.5 Å². The molecule has 1 aromatic heterocycles. The third-order valence-electron chi connectivity index (χ3n) is 3.82. The van der Waals surface area contributed by atoms with E-state index in [-0.39, 0.29) is 11.4 Å². The van der Waals surface area contributed by atoms with E-state index in [0.717, 1.165) is 29.1 Å². The maximum Gasteiger partial charge on any atom is 0.123 e. The molecular weight excluding hydrogens is 259 g/mol. The number of hydrogen-bond donors (Lipinski definition) is 1. The van der Waals surface area contributed by atoms with Crippen molar-refractivity contribution in [3.05, 3.63) is 40.5 Å². The predicted octanol–water partition coefficient (Wildman–Crippen LogP) is 4.07. The highest BCUT2D eigenvalue weighted by atomic mass is 32.1. The summed E-state index contributed by atoms with van der Waals surface area (Å²) in [7, 11) is 0. The molecule has 0 unspecified atom stereocenters. The molecule has 1 fully saturated rings. The second kappa shape index (κ2) is 5.02. The number of rotatable bonds is 2. The fourth-order valence-electron chi connectivity index (χ4n) is 2.65. The maximum absolute atomic E-state index is 12.9. The average Bonchev–Trinajstić information content (AvgIpc) is 2.91. The Balaban J connectivity index is 1.88. The van der Waals surface area contributed by atoms with Gasteiger partial charge in [-0.1, -0.05) is 19.3 Å². The Morgan fingerprint density at radius 3 is 2.47 bits per heavy atom. The van der Waals surface area contributed by atoms with E-state index in [0.29, 0.717) is 0 Å². The van der Waals surface area contributed by atoms with Crippen LogP contribution in [0.1, 0.15) is 37.1 Å². The lowest BCUT2D eigenvalue weighted by molar-refractivity contribution is 0.301. The van der Waals surface area contributed by atoms with Crippen LogP contribution in [-0.4, -0.2) is 4.98 Å². The minimum absolute atomic E-state index is 0.221. The first-order valence-corrected chi connectivity index (χ1v) is 7.56. The van der Waals surface area contributed by atoms with Gasteiger partial charge in [0.2, 0.25) is 0 Å². The number of nitrogens with zero attached hydrogens (tertiary/aromatic N) is 1.